The summed E-state index contributed by atoms with van der Waals surface area (Å²) in [4.78, 5) is 61.2. The normalized spacial score (nSPS) is 18.5. The van der Waals surface area contributed by atoms with Gasteiger partial charge in [0.15, 0.2) is 0 Å². The number of carboxylic acids is 1. The summed E-state index contributed by atoms with van der Waals surface area (Å²) in [5.41, 5.74) is 5.70. The van der Waals surface area contributed by atoms with Gasteiger partial charge in [-0.1, -0.05) is 12.1 Å². The summed E-state index contributed by atoms with van der Waals surface area (Å²) in [6, 6.07) is 0.759. The van der Waals surface area contributed by atoms with E-state index in [1.165, 1.54) is 31.2 Å². The van der Waals surface area contributed by atoms with Crippen molar-refractivity contribution in [3.63, 3.8) is 0 Å². The van der Waals surface area contributed by atoms with E-state index in [0.717, 1.165) is 6.42 Å². The third kappa shape index (κ3) is 8.54. The van der Waals surface area contributed by atoms with Gasteiger partial charge in [0.05, 0.1) is 18.6 Å². The molecule has 2 rings (SSSR count). The average molecular weight is 494 g/mol. The summed E-state index contributed by atoms with van der Waals surface area (Å²) >= 11 is 0. The molecule has 1 heterocycles. The van der Waals surface area contributed by atoms with Crippen molar-refractivity contribution < 1.29 is 39.3 Å². The summed E-state index contributed by atoms with van der Waals surface area (Å²) in [7, 11) is 0. The highest BCUT2D eigenvalue weighted by atomic mass is 16.4. The molecule has 9 N–H and O–H groups in total. The first-order valence-corrected chi connectivity index (χ1v) is 11.1. The average Bonchev–Trinajstić information content (AvgIpc) is 3.32. The van der Waals surface area contributed by atoms with Gasteiger partial charge in [0.2, 0.25) is 23.6 Å². The van der Waals surface area contributed by atoms with Crippen molar-refractivity contribution in [2.24, 2.45) is 5.73 Å². The number of rotatable bonds is 12. The Balaban J connectivity index is 2.10. The Bertz CT molecular complexity index is 930. The van der Waals surface area contributed by atoms with Crippen LogP contribution in [0.3, 0.4) is 0 Å². The summed E-state index contributed by atoms with van der Waals surface area (Å²) in [5.74, 6) is -4.76. The standard InChI is InChI=1S/C22H31N5O8/c1-11(28)18(27-19(31)14-3-2-8-24-14)21(33)25-15(10-17(23)30)20(32)26-16(22(34)35)9-12-4-6-13(29)7-5-12/h4-7,11,14-16,18,24,28-29H,2-3,8-10H2,1H3,(H2,23,30)(H,25,33)(H,26,32)(H,27,31)(H,34,35). The smallest absolute Gasteiger partial charge is 0.326 e. The van der Waals surface area contributed by atoms with Crippen LogP contribution in [-0.2, 0) is 30.4 Å². The van der Waals surface area contributed by atoms with Crippen molar-refractivity contribution in [3.8, 4) is 5.75 Å². The van der Waals surface area contributed by atoms with Gasteiger partial charge in [0, 0.05) is 6.42 Å². The molecule has 0 radical (unpaired) electrons. The molecular formula is C22H31N5O8. The van der Waals surface area contributed by atoms with E-state index in [1.54, 1.807) is 0 Å². The number of phenolic OH excluding ortho intramolecular Hbond substituents is 1. The fourth-order valence-corrected chi connectivity index (χ4v) is 3.58. The number of carbonyl (C=O) groups is 5. The van der Waals surface area contributed by atoms with Gasteiger partial charge in [0.25, 0.3) is 0 Å². The van der Waals surface area contributed by atoms with Crippen LogP contribution < -0.4 is 27.0 Å². The number of carboxylic acid groups (broad SMARTS) is 1. The Labute approximate surface area is 201 Å². The molecule has 1 aliphatic heterocycles. The molecule has 0 aliphatic carbocycles. The van der Waals surface area contributed by atoms with Crippen LogP contribution in [0.1, 0.15) is 31.7 Å². The third-order valence-electron chi connectivity index (χ3n) is 5.47. The Morgan fingerprint density at radius 1 is 1.06 bits per heavy atom. The first kappa shape index (κ1) is 27.5. The van der Waals surface area contributed by atoms with E-state index in [2.05, 4.69) is 21.3 Å². The van der Waals surface area contributed by atoms with Crippen molar-refractivity contribution in [2.75, 3.05) is 6.54 Å². The first-order chi connectivity index (χ1) is 16.5. The molecule has 1 aliphatic rings. The van der Waals surface area contributed by atoms with Gasteiger partial charge < -0.3 is 42.3 Å². The number of nitrogens with two attached hydrogens (primary N) is 1. The van der Waals surface area contributed by atoms with E-state index in [-0.39, 0.29) is 12.2 Å². The predicted octanol–water partition coefficient (Wildman–Crippen LogP) is -2.52. The molecule has 1 aromatic rings. The van der Waals surface area contributed by atoms with Gasteiger partial charge in [0.1, 0.15) is 23.9 Å². The highest BCUT2D eigenvalue weighted by Crippen LogP contribution is 2.12. The predicted molar refractivity (Wildman–Crippen MR) is 122 cm³/mol. The number of carbonyl (C=O) groups excluding carboxylic acids is 4. The maximum atomic E-state index is 12.8. The van der Waals surface area contributed by atoms with Crippen molar-refractivity contribution in [1.29, 1.82) is 0 Å². The molecule has 192 valence electrons. The number of aromatic hydroxyl groups is 1. The Morgan fingerprint density at radius 2 is 1.69 bits per heavy atom. The SMILES string of the molecule is CC(O)C(NC(=O)C1CCCN1)C(=O)NC(CC(N)=O)C(=O)NC(Cc1ccc(O)cc1)C(=O)O. The number of nitrogens with one attached hydrogen (secondary N) is 4. The van der Waals surface area contributed by atoms with Crippen LogP contribution in [0.15, 0.2) is 24.3 Å². The van der Waals surface area contributed by atoms with Crippen LogP contribution in [0.2, 0.25) is 0 Å². The van der Waals surface area contributed by atoms with E-state index >= 15 is 0 Å². The number of hydrogen-bond acceptors (Lipinski definition) is 8. The minimum Gasteiger partial charge on any atom is -0.508 e. The zero-order chi connectivity index (χ0) is 26.1. The molecule has 13 nitrogen and oxygen atoms in total. The lowest BCUT2D eigenvalue weighted by molar-refractivity contribution is -0.142. The number of benzene rings is 1. The quantitative estimate of drug-likeness (QED) is 0.154. The number of hydrogen-bond donors (Lipinski definition) is 8. The number of aliphatic hydroxyl groups excluding tert-OH is 1. The summed E-state index contributed by atoms with van der Waals surface area (Å²) < 4.78 is 0. The second-order valence-electron chi connectivity index (χ2n) is 8.38. The molecule has 0 aromatic heterocycles. The molecule has 0 saturated carbocycles. The molecule has 1 saturated heterocycles. The lowest BCUT2D eigenvalue weighted by atomic mass is 10.0. The second-order valence-corrected chi connectivity index (χ2v) is 8.38. The fraction of sp³-hybridized carbons (Fsp3) is 0.500. The summed E-state index contributed by atoms with van der Waals surface area (Å²) in [6.45, 7) is 1.91. The molecule has 0 spiro atoms. The molecule has 1 aromatic carbocycles. The number of phenols is 1. The fourth-order valence-electron chi connectivity index (χ4n) is 3.58. The van der Waals surface area contributed by atoms with Gasteiger partial charge in [-0.25, -0.2) is 4.79 Å². The summed E-state index contributed by atoms with van der Waals surface area (Å²) in [6.07, 6.45) is -0.782. The molecule has 4 amide bonds. The van der Waals surface area contributed by atoms with Crippen molar-refractivity contribution >= 4 is 29.6 Å². The maximum Gasteiger partial charge on any atom is 0.326 e. The number of aliphatic hydroxyl groups is 1. The van der Waals surface area contributed by atoms with Crippen molar-refractivity contribution in [2.45, 2.75) is 62.9 Å². The van der Waals surface area contributed by atoms with E-state index in [4.69, 9.17) is 5.73 Å². The van der Waals surface area contributed by atoms with Crippen LogP contribution >= 0.6 is 0 Å². The minimum absolute atomic E-state index is 0.0163. The largest absolute Gasteiger partial charge is 0.508 e. The third-order valence-corrected chi connectivity index (χ3v) is 5.47. The lowest BCUT2D eigenvalue weighted by Crippen LogP contribution is -2.60. The molecule has 13 heteroatoms. The van der Waals surface area contributed by atoms with Gasteiger partial charge in [-0.2, -0.15) is 0 Å². The maximum absolute atomic E-state index is 12.8. The van der Waals surface area contributed by atoms with Gasteiger partial charge in [-0.15, -0.1) is 0 Å². The Kier molecular flexibility index (Phi) is 9.97. The topological polar surface area (TPSA) is 220 Å². The van der Waals surface area contributed by atoms with Crippen molar-refractivity contribution in [1.82, 2.24) is 21.3 Å². The zero-order valence-corrected chi connectivity index (χ0v) is 19.2. The van der Waals surface area contributed by atoms with Gasteiger partial charge >= 0.3 is 5.97 Å². The monoisotopic (exact) mass is 493 g/mol. The van der Waals surface area contributed by atoms with Crippen LogP contribution in [0.5, 0.6) is 5.75 Å². The van der Waals surface area contributed by atoms with E-state index in [0.29, 0.717) is 18.5 Å². The highest BCUT2D eigenvalue weighted by molar-refractivity contribution is 5.96. The number of aliphatic carboxylic acids is 1. The van der Waals surface area contributed by atoms with E-state index < -0.39 is 66.3 Å². The molecule has 1 fully saturated rings. The van der Waals surface area contributed by atoms with E-state index in [9.17, 15) is 39.3 Å². The molecule has 35 heavy (non-hydrogen) atoms. The molecular weight excluding hydrogens is 462 g/mol. The minimum atomic E-state index is -1.55. The zero-order valence-electron chi connectivity index (χ0n) is 19.2. The number of amides is 4. The Morgan fingerprint density at radius 3 is 2.20 bits per heavy atom. The van der Waals surface area contributed by atoms with Crippen LogP contribution in [-0.4, -0.2) is 81.7 Å². The highest BCUT2D eigenvalue weighted by Gasteiger charge is 2.34. The molecule has 5 unspecified atom stereocenters. The van der Waals surface area contributed by atoms with Gasteiger partial charge in [-0.3, -0.25) is 19.2 Å². The lowest BCUT2D eigenvalue weighted by Gasteiger charge is -2.26. The van der Waals surface area contributed by atoms with E-state index in [1.807, 2.05) is 0 Å². The van der Waals surface area contributed by atoms with Crippen LogP contribution in [0.25, 0.3) is 0 Å². The Hall–Kier alpha value is -3.71. The summed E-state index contributed by atoms with van der Waals surface area (Å²) in [5, 5.41) is 38.8. The van der Waals surface area contributed by atoms with Crippen molar-refractivity contribution in [3.05, 3.63) is 29.8 Å². The van der Waals surface area contributed by atoms with Crippen LogP contribution in [0, 0.1) is 0 Å². The molecule has 0 bridgehead atoms. The van der Waals surface area contributed by atoms with Crippen LogP contribution in [0.4, 0.5) is 0 Å². The first-order valence-electron chi connectivity index (χ1n) is 11.1. The second kappa shape index (κ2) is 12.7. The number of primary amides is 1. The van der Waals surface area contributed by atoms with Gasteiger partial charge in [-0.05, 0) is 44.0 Å². The molecule has 5 atom stereocenters.